The van der Waals surface area contributed by atoms with Gasteiger partial charge in [-0.2, -0.15) is 5.10 Å². The first-order valence-electron chi connectivity index (χ1n) is 6.45. The lowest BCUT2D eigenvalue weighted by atomic mass is 9.91. The molecular formula is C15H21ClN2OS. The van der Waals surface area contributed by atoms with Crippen LogP contribution in [0.1, 0.15) is 33.3 Å². The Balaban J connectivity index is 2.34. The van der Waals surface area contributed by atoms with Crippen LogP contribution in [0.5, 0.6) is 0 Å². The first-order chi connectivity index (χ1) is 9.29. The first kappa shape index (κ1) is 17.1. The van der Waals surface area contributed by atoms with Crippen molar-refractivity contribution in [2.75, 3.05) is 5.75 Å². The molecule has 0 saturated carbocycles. The van der Waals surface area contributed by atoms with Crippen molar-refractivity contribution >= 4 is 35.0 Å². The number of nitrogens with one attached hydrogen (secondary N) is 1. The van der Waals surface area contributed by atoms with E-state index in [0.29, 0.717) is 5.75 Å². The summed E-state index contributed by atoms with van der Waals surface area (Å²) in [7, 11) is 0. The van der Waals surface area contributed by atoms with Crippen molar-refractivity contribution in [2.45, 2.75) is 33.4 Å². The van der Waals surface area contributed by atoms with Gasteiger partial charge >= 0.3 is 0 Å². The quantitative estimate of drug-likeness (QED) is 0.656. The largest absolute Gasteiger partial charge is 0.272 e. The summed E-state index contributed by atoms with van der Waals surface area (Å²) < 4.78 is 0. The highest BCUT2D eigenvalue weighted by Gasteiger charge is 2.14. The molecule has 0 aliphatic heterocycles. The van der Waals surface area contributed by atoms with Crippen molar-refractivity contribution in [1.82, 2.24) is 5.43 Å². The van der Waals surface area contributed by atoms with Gasteiger partial charge in [0.2, 0.25) is 5.91 Å². The van der Waals surface area contributed by atoms with Crippen LogP contribution in [-0.2, 0) is 10.5 Å². The van der Waals surface area contributed by atoms with Crippen LogP contribution >= 0.6 is 23.4 Å². The fourth-order valence-corrected chi connectivity index (χ4v) is 2.21. The Morgan fingerprint density at radius 1 is 1.40 bits per heavy atom. The van der Waals surface area contributed by atoms with Gasteiger partial charge in [0.15, 0.2) is 0 Å². The third kappa shape index (κ3) is 6.44. The minimum Gasteiger partial charge on any atom is -0.272 e. The summed E-state index contributed by atoms with van der Waals surface area (Å²) >= 11 is 7.45. The molecule has 0 atom stereocenters. The van der Waals surface area contributed by atoms with Crippen molar-refractivity contribution < 1.29 is 4.79 Å². The second-order valence-corrected chi connectivity index (χ2v) is 7.03. The monoisotopic (exact) mass is 312 g/mol. The standard InChI is InChI=1S/C15H21ClN2OS/c1-11(15(2,3)4)17-18-14(19)10-20-9-12-6-5-7-13(16)8-12/h5-8H,9-10H2,1-4H3,(H,18,19)/b17-11-. The summed E-state index contributed by atoms with van der Waals surface area (Å²) in [6.45, 7) is 8.10. The average molecular weight is 313 g/mol. The summed E-state index contributed by atoms with van der Waals surface area (Å²) in [6.07, 6.45) is 0. The molecule has 0 spiro atoms. The highest BCUT2D eigenvalue weighted by atomic mass is 35.5. The maximum absolute atomic E-state index is 11.7. The van der Waals surface area contributed by atoms with Crippen molar-refractivity contribution in [3.63, 3.8) is 0 Å². The molecule has 1 aromatic carbocycles. The van der Waals surface area contributed by atoms with Crippen LogP contribution in [0.3, 0.4) is 0 Å². The first-order valence-corrected chi connectivity index (χ1v) is 7.98. The van der Waals surface area contributed by atoms with Crippen molar-refractivity contribution in [3.8, 4) is 0 Å². The van der Waals surface area contributed by atoms with E-state index in [-0.39, 0.29) is 11.3 Å². The third-order valence-corrected chi connectivity index (χ3v) is 4.06. The van der Waals surface area contributed by atoms with Gasteiger partial charge in [-0.25, -0.2) is 5.43 Å². The van der Waals surface area contributed by atoms with Crippen molar-refractivity contribution in [1.29, 1.82) is 0 Å². The molecule has 110 valence electrons. The molecule has 0 bridgehead atoms. The molecule has 1 N–H and O–H groups in total. The van der Waals surface area contributed by atoms with E-state index in [2.05, 4.69) is 31.3 Å². The van der Waals surface area contributed by atoms with Gasteiger partial charge in [0.1, 0.15) is 0 Å². The van der Waals surface area contributed by atoms with E-state index in [1.807, 2.05) is 31.2 Å². The molecule has 0 radical (unpaired) electrons. The minimum absolute atomic E-state index is 0.0266. The molecular weight excluding hydrogens is 292 g/mol. The molecule has 0 aromatic heterocycles. The second kappa shape index (κ2) is 7.70. The van der Waals surface area contributed by atoms with Crippen LogP contribution in [0.15, 0.2) is 29.4 Å². The molecule has 0 heterocycles. The highest BCUT2D eigenvalue weighted by Crippen LogP contribution is 2.17. The molecule has 20 heavy (non-hydrogen) atoms. The van der Waals surface area contributed by atoms with Crippen LogP contribution in [0.4, 0.5) is 0 Å². The van der Waals surface area contributed by atoms with Crippen LogP contribution in [0, 0.1) is 5.41 Å². The zero-order chi connectivity index (χ0) is 15.2. The summed E-state index contributed by atoms with van der Waals surface area (Å²) in [5.41, 5.74) is 4.59. The minimum atomic E-state index is -0.0828. The van der Waals surface area contributed by atoms with Crippen LogP contribution in [-0.4, -0.2) is 17.4 Å². The van der Waals surface area contributed by atoms with E-state index < -0.39 is 0 Å². The van der Waals surface area contributed by atoms with Crippen molar-refractivity contribution in [2.24, 2.45) is 10.5 Å². The SMILES string of the molecule is C/C(=N/NC(=O)CSCc1cccc(Cl)c1)C(C)(C)C. The van der Waals surface area contributed by atoms with Crippen molar-refractivity contribution in [3.05, 3.63) is 34.9 Å². The van der Waals surface area contributed by atoms with E-state index >= 15 is 0 Å². The number of carbonyl (C=O) groups is 1. The van der Waals surface area contributed by atoms with E-state index in [9.17, 15) is 4.79 Å². The summed E-state index contributed by atoms with van der Waals surface area (Å²) in [4.78, 5) is 11.7. The Hall–Kier alpha value is -1.00. The van der Waals surface area contributed by atoms with Gasteiger partial charge in [0.25, 0.3) is 0 Å². The summed E-state index contributed by atoms with van der Waals surface area (Å²) in [5.74, 6) is 1.06. The van der Waals surface area contributed by atoms with Gasteiger partial charge in [0, 0.05) is 21.9 Å². The van der Waals surface area contributed by atoms with Gasteiger partial charge in [-0.3, -0.25) is 4.79 Å². The normalized spacial score (nSPS) is 12.3. The zero-order valence-corrected chi connectivity index (χ0v) is 13.9. The number of rotatable bonds is 5. The fraction of sp³-hybridized carbons (Fsp3) is 0.467. The van der Waals surface area contributed by atoms with Gasteiger partial charge in [-0.15, -0.1) is 11.8 Å². The maximum Gasteiger partial charge on any atom is 0.250 e. The number of nitrogens with zero attached hydrogens (tertiary/aromatic N) is 1. The predicted octanol–water partition coefficient (Wildman–Crippen LogP) is 4.11. The second-order valence-electron chi connectivity index (χ2n) is 5.60. The molecule has 0 fully saturated rings. The predicted molar refractivity (Wildman–Crippen MR) is 88.3 cm³/mol. The molecule has 0 unspecified atom stereocenters. The Morgan fingerprint density at radius 3 is 2.70 bits per heavy atom. The number of hydrogen-bond acceptors (Lipinski definition) is 3. The van der Waals surface area contributed by atoms with Crippen LogP contribution in [0.2, 0.25) is 5.02 Å². The molecule has 0 aliphatic carbocycles. The van der Waals surface area contributed by atoms with E-state index in [1.165, 1.54) is 0 Å². The number of benzene rings is 1. The molecule has 0 aliphatic rings. The maximum atomic E-state index is 11.7. The lowest BCUT2D eigenvalue weighted by Crippen LogP contribution is -2.25. The van der Waals surface area contributed by atoms with Crippen LogP contribution < -0.4 is 5.43 Å². The van der Waals surface area contributed by atoms with Crippen LogP contribution in [0.25, 0.3) is 0 Å². The average Bonchev–Trinajstić information content (AvgIpc) is 2.35. The van der Waals surface area contributed by atoms with E-state index in [1.54, 1.807) is 11.8 Å². The number of hydrogen-bond donors (Lipinski definition) is 1. The molecule has 5 heteroatoms. The number of carbonyl (C=O) groups excluding carboxylic acids is 1. The van der Waals surface area contributed by atoms with Gasteiger partial charge in [-0.05, 0) is 24.6 Å². The molecule has 0 saturated heterocycles. The number of amides is 1. The topological polar surface area (TPSA) is 41.5 Å². The van der Waals surface area contributed by atoms with E-state index in [4.69, 9.17) is 11.6 Å². The molecule has 3 nitrogen and oxygen atoms in total. The smallest absolute Gasteiger partial charge is 0.250 e. The Morgan fingerprint density at radius 2 is 2.10 bits per heavy atom. The highest BCUT2D eigenvalue weighted by molar-refractivity contribution is 7.99. The third-order valence-electron chi connectivity index (χ3n) is 2.82. The lowest BCUT2D eigenvalue weighted by molar-refractivity contribution is -0.118. The van der Waals surface area contributed by atoms with Gasteiger partial charge < -0.3 is 0 Å². The zero-order valence-electron chi connectivity index (χ0n) is 12.4. The van der Waals surface area contributed by atoms with E-state index in [0.717, 1.165) is 22.1 Å². The summed E-state index contributed by atoms with van der Waals surface area (Å²) in [5, 5.41) is 4.84. The number of thioether (sulfide) groups is 1. The molecule has 1 aromatic rings. The molecule has 1 amide bonds. The number of hydrazone groups is 1. The Bertz CT molecular complexity index is 495. The summed E-state index contributed by atoms with van der Waals surface area (Å²) in [6, 6.07) is 7.66. The Labute approximate surface area is 130 Å². The Kier molecular flexibility index (Phi) is 6.56. The number of halogens is 1. The van der Waals surface area contributed by atoms with Gasteiger partial charge in [0.05, 0.1) is 5.75 Å². The fourth-order valence-electron chi connectivity index (χ4n) is 1.23. The molecule has 1 rings (SSSR count). The lowest BCUT2D eigenvalue weighted by Gasteiger charge is -2.17. The van der Waals surface area contributed by atoms with Gasteiger partial charge in [-0.1, -0.05) is 44.5 Å².